The van der Waals surface area contributed by atoms with Crippen molar-refractivity contribution in [3.63, 3.8) is 0 Å². The summed E-state index contributed by atoms with van der Waals surface area (Å²) in [5.74, 6) is 0.878. The number of aliphatic imine (C=N–C) groups is 1. The zero-order valence-corrected chi connectivity index (χ0v) is 16.5. The number of primary amides is 1. The molecule has 0 spiro atoms. The predicted molar refractivity (Wildman–Crippen MR) is 107 cm³/mol. The molecule has 1 aliphatic heterocycles. The van der Waals surface area contributed by atoms with Gasteiger partial charge in [-0.1, -0.05) is 12.1 Å². The molecule has 2 aromatic heterocycles. The van der Waals surface area contributed by atoms with Gasteiger partial charge in [0.1, 0.15) is 16.9 Å². The minimum Gasteiger partial charge on any atom is -0.370 e. The SMILES string of the molecule is Cc1sc2c(c1C)C(c1cccc(C#N)c1)=N[C@@H](CC(N)=O)c1nnc(C)n1-2. The van der Waals surface area contributed by atoms with Gasteiger partial charge in [-0.25, -0.2) is 0 Å². The zero-order valence-electron chi connectivity index (χ0n) is 15.7. The smallest absolute Gasteiger partial charge is 0.220 e. The van der Waals surface area contributed by atoms with Gasteiger partial charge in [0.15, 0.2) is 5.82 Å². The van der Waals surface area contributed by atoms with Crippen molar-refractivity contribution in [2.45, 2.75) is 33.2 Å². The van der Waals surface area contributed by atoms with Crippen LogP contribution >= 0.6 is 11.3 Å². The van der Waals surface area contributed by atoms with Crippen LogP contribution in [0.1, 0.15) is 51.2 Å². The number of fused-ring (bicyclic) bond motifs is 3. The van der Waals surface area contributed by atoms with Crippen molar-refractivity contribution < 1.29 is 4.79 Å². The number of benzene rings is 1. The van der Waals surface area contributed by atoms with Crippen molar-refractivity contribution in [2.24, 2.45) is 10.7 Å². The molecule has 0 unspecified atom stereocenters. The van der Waals surface area contributed by atoms with Crippen molar-refractivity contribution in [1.82, 2.24) is 14.8 Å². The highest BCUT2D eigenvalue weighted by Gasteiger charge is 2.32. The molecule has 3 aromatic rings. The number of amides is 1. The number of aryl methyl sites for hydroxylation is 2. The fraction of sp³-hybridized carbons (Fsp3) is 0.250. The number of nitriles is 1. The number of aromatic nitrogens is 3. The van der Waals surface area contributed by atoms with Crippen LogP contribution in [0.15, 0.2) is 29.3 Å². The van der Waals surface area contributed by atoms with E-state index in [-0.39, 0.29) is 6.42 Å². The van der Waals surface area contributed by atoms with E-state index in [2.05, 4.69) is 30.1 Å². The molecule has 8 heteroatoms. The molecule has 2 N–H and O–H groups in total. The normalized spacial score (nSPS) is 15.2. The minimum absolute atomic E-state index is 0.0343. The summed E-state index contributed by atoms with van der Waals surface area (Å²) in [6.07, 6.45) is 0.0343. The van der Waals surface area contributed by atoms with Gasteiger partial charge in [0, 0.05) is 16.0 Å². The van der Waals surface area contributed by atoms with E-state index >= 15 is 0 Å². The van der Waals surface area contributed by atoms with Crippen LogP contribution < -0.4 is 5.73 Å². The molecular weight excluding hydrogens is 372 g/mol. The van der Waals surface area contributed by atoms with Crippen molar-refractivity contribution in [3.05, 3.63) is 63.0 Å². The standard InChI is InChI=1S/C20H18N6OS/c1-10-11(2)28-20-17(10)18(14-6-4-5-13(7-14)9-21)23-15(8-16(22)27)19-25-24-12(3)26(19)20/h4-7,15H,8H2,1-3H3,(H2,22,27)/t15-/m0/s1. The Hall–Kier alpha value is -3.31. The van der Waals surface area contributed by atoms with E-state index in [0.29, 0.717) is 11.4 Å². The summed E-state index contributed by atoms with van der Waals surface area (Å²) in [4.78, 5) is 17.8. The maximum atomic E-state index is 11.7. The number of nitrogens with two attached hydrogens (primary N) is 1. The Morgan fingerprint density at radius 2 is 2.11 bits per heavy atom. The van der Waals surface area contributed by atoms with Crippen LogP contribution in [0.4, 0.5) is 0 Å². The Bertz CT molecular complexity index is 1180. The number of nitrogens with zero attached hydrogens (tertiary/aromatic N) is 5. The van der Waals surface area contributed by atoms with Crippen molar-refractivity contribution in [1.29, 1.82) is 5.26 Å². The highest BCUT2D eigenvalue weighted by Crippen LogP contribution is 2.39. The maximum Gasteiger partial charge on any atom is 0.220 e. The number of hydrogen-bond acceptors (Lipinski definition) is 6. The van der Waals surface area contributed by atoms with E-state index < -0.39 is 11.9 Å². The molecule has 0 bridgehead atoms. The zero-order chi connectivity index (χ0) is 20.0. The molecule has 0 saturated heterocycles. The number of hydrogen-bond donors (Lipinski definition) is 1. The van der Waals surface area contributed by atoms with Gasteiger partial charge in [0.05, 0.1) is 23.8 Å². The fourth-order valence-corrected chi connectivity index (χ4v) is 4.67. The Labute approximate surface area is 166 Å². The molecule has 7 nitrogen and oxygen atoms in total. The summed E-state index contributed by atoms with van der Waals surface area (Å²) in [5.41, 5.74) is 9.71. The van der Waals surface area contributed by atoms with Crippen LogP contribution in [0.5, 0.6) is 0 Å². The monoisotopic (exact) mass is 390 g/mol. The van der Waals surface area contributed by atoms with Crippen LogP contribution in [-0.4, -0.2) is 26.4 Å². The van der Waals surface area contributed by atoms with Crippen LogP contribution in [-0.2, 0) is 4.79 Å². The molecule has 28 heavy (non-hydrogen) atoms. The van der Waals surface area contributed by atoms with Gasteiger partial charge in [0.25, 0.3) is 0 Å². The van der Waals surface area contributed by atoms with Gasteiger partial charge in [-0.05, 0) is 38.5 Å². The Morgan fingerprint density at radius 3 is 2.82 bits per heavy atom. The van der Waals surface area contributed by atoms with E-state index in [1.807, 2.05) is 29.7 Å². The van der Waals surface area contributed by atoms with Crippen LogP contribution in [0.2, 0.25) is 0 Å². The number of rotatable bonds is 3. The first-order valence-electron chi connectivity index (χ1n) is 8.80. The number of carbonyl (C=O) groups is 1. The first-order valence-corrected chi connectivity index (χ1v) is 9.61. The third kappa shape index (κ3) is 2.80. The van der Waals surface area contributed by atoms with Gasteiger partial charge in [-0.15, -0.1) is 21.5 Å². The van der Waals surface area contributed by atoms with Gasteiger partial charge in [0.2, 0.25) is 5.91 Å². The van der Waals surface area contributed by atoms with Crippen molar-refractivity contribution in [3.8, 4) is 11.1 Å². The Kier molecular flexibility index (Phi) is 4.32. The highest BCUT2D eigenvalue weighted by molar-refractivity contribution is 7.15. The molecule has 3 heterocycles. The largest absolute Gasteiger partial charge is 0.370 e. The number of thiophene rings is 1. The van der Waals surface area contributed by atoms with Crippen LogP contribution in [0.25, 0.3) is 5.00 Å². The van der Waals surface area contributed by atoms with Crippen molar-refractivity contribution in [2.75, 3.05) is 0 Å². The second-order valence-corrected chi connectivity index (χ2v) is 7.96. The molecule has 0 saturated carbocycles. The molecular formula is C20H18N6OS. The summed E-state index contributed by atoms with van der Waals surface area (Å²) in [7, 11) is 0. The summed E-state index contributed by atoms with van der Waals surface area (Å²) in [5, 5.41) is 18.8. The average Bonchev–Trinajstić information content (AvgIpc) is 3.14. The predicted octanol–water partition coefficient (Wildman–Crippen LogP) is 2.89. The first kappa shape index (κ1) is 18.1. The van der Waals surface area contributed by atoms with Crippen LogP contribution in [0.3, 0.4) is 0 Å². The summed E-state index contributed by atoms with van der Waals surface area (Å²) in [6, 6.07) is 8.97. The van der Waals surface area contributed by atoms with Crippen LogP contribution in [0, 0.1) is 32.1 Å². The van der Waals surface area contributed by atoms with E-state index in [9.17, 15) is 10.1 Å². The van der Waals surface area contributed by atoms with E-state index in [0.717, 1.165) is 33.2 Å². The van der Waals surface area contributed by atoms with Gasteiger partial charge < -0.3 is 5.73 Å². The van der Waals surface area contributed by atoms with E-state index in [1.165, 1.54) is 4.88 Å². The topological polar surface area (TPSA) is 110 Å². The molecule has 1 atom stereocenters. The third-order valence-electron chi connectivity index (χ3n) is 4.90. The summed E-state index contributed by atoms with van der Waals surface area (Å²) in [6.45, 7) is 6.01. The lowest BCUT2D eigenvalue weighted by molar-refractivity contribution is -0.118. The molecule has 4 rings (SSSR count). The summed E-state index contributed by atoms with van der Waals surface area (Å²) < 4.78 is 1.97. The molecule has 0 aliphatic carbocycles. The molecule has 1 aromatic carbocycles. The molecule has 0 radical (unpaired) electrons. The fourth-order valence-electron chi connectivity index (χ4n) is 3.45. The minimum atomic E-state index is -0.543. The third-order valence-corrected chi connectivity index (χ3v) is 6.09. The Balaban J connectivity index is 2.05. The lowest BCUT2D eigenvalue weighted by Gasteiger charge is -2.11. The first-order chi connectivity index (χ1) is 13.4. The lowest BCUT2D eigenvalue weighted by atomic mass is 9.98. The van der Waals surface area contributed by atoms with Gasteiger partial charge in [-0.3, -0.25) is 14.4 Å². The molecule has 0 fully saturated rings. The number of carbonyl (C=O) groups excluding carboxylic acids is 1. The molecule has 140 valence electrons. The average molecular weight is 390 g/mol. The molecule has 1 aliphatic rings. The Morgan fingerprint density at radius 1 is 1.32 bits per heavy atom. The molecule has 1 amide bonds. The van der Waals surface area contributed by atoms with Crippen molar-refractivity contribution >= 4 is 23.0 Å². The quantitative estimate of drug-likeness (QED) is 0.741. The maximum absolute atomic E-state index is 11.7. The second kappa shape index (κ2) is 6.69. The second-order valence-electron chi connectivity index (χ2n) is 6.76. The highest BCUT2D eigenvalue weighted by atomic mass is 32.1. The summed E-state index contributed by atoms with van der Waals surface area (Å²) >= 11 is 1.64. The lowest BCUT2D eigenvalue weighted by Crippen LogP contribution is -2.17. The van der Waals surface area contributed by atoms with E-state index in [1.54, 1.807) is 17.4 Å². The van der Waals surface area contributed by atoms with E-state index in [4.69, 9.17) is 10.7 Å². The van der Waals surface area contributed by atoms with Gasteiger partial charge in [-0.2, -0.15) is 5.26 Å². The van der Waals surface area contributed by atoms with Gasteiger partial charge >= 0.3 is 0 Å².